The van der Waals surface area contributed by atoms with Gasteiger partial charge in [-0.3, -0.25) is 24.0 Å². The number of nitrogens with zero attached hydrogens (tertiary/aromatic N) is 1. The average molecular weight is 487 g/mol. The predicted octanol–water partition coefficient (Wildman–Crippen LogP) is -3.61. The first-order chi connectivity index (χ1) is 15.8. The van der Waals surface area contributed by atoms with Gasteiger partial charge in [-0.05, 0) is 25.7 Å². The van der Waals surface area contributed by atoms with Crippen LogP contribution in [0.2, 0.25) is 0 Å². The maximum atomic E-state index is 13.0. The van der Waals surface area contributed by atoms with Crippen LogP contribution in [0.4, 0.5) is 0 Å². The number of amides is 5. The number of rotatable bonds is 12. The number of likely N-dealkylation sites (tertiary alicyclic amines) is 1. The van der Waals surface area contributed by atoms with Crippen molar-refractivity contribution in [1.82, 2.24) is 20.9 Å². The molecule has 34 heavy (non-hydrogen) atoms. The second-order valence-corrected chi connectivity index (χ2v) is 8.48. The minimum absolute atomic E-state index is 0.191. The van der Waals surface area contributed by atoms with Gasteiger partial charge in [0.05, 0.1) is 19.1 Å². The van der Waals surface area contributed by atoms with Crippen LogP contribution in [0.5, 0.6) is 0 Å². The van der Waals surface area contributed by atoms with E-state index in [0.717, 1.165) is 0 Å². The largest absolute Gasteiger partial charge is 0.480 e. The van der Waals surface area contributed by atoms with Gasteiger partial charge in [-0.1, -0.05) is 13.8 Å². The van der Waals surface area contributed by atoms with E-state index in [9.17, 15) is 39.0 Å². The van der Waals surface area contributed by atoms with Gasteiger partial charge in [0.2, 0.25) is 29.5 Å². The Bertz CT molecular complexity index is 802. The number of primary amides is 1. The van der Waals surface area contributed by atoms with Crippen LogP contribution in [-0.2, 0) is 28.8 Å². The lowest BCUT2D eigenvalue weighted by molar-refractivity contribution is -0.145. The van der Waals surface area contributed by atoms with E-state index < -0.39 is 84.7 Å². The third kappa shape index (κ3) is 7.95. The average Bonchev–Trinajstić information content (AvgIpc) is 3.23. The molecule has 1 heterocycles. The Morgan fingerprint density at radius 1 is 1.03 bits per heavy atom. The lowest BCUT2D eigenvalue weighted by Crippen LogP contribution is -2.60. The van der Waals surface area contributed by atoms with Crippen LogP contribution in [-0.4, -0.2) is 94.0 Å². The smallest absolute Gasteiger partial charge is 0.326 e. The Morgan fingerprint density at radius 3 is 2.12 bits per heavy atom. The molecule has 9 N–H and O–H groups in total. The zero-order valence-electron chi connectivity index (χ0n) is 19.4. The molecule has 192 valence electrons. The van der Waals surface area contributed by atoms with E-state index in [2.05, 4.69) is 16.0 Å². The van der Waals surface area contributed by atoms with E-state index >= 15 is 0 Å². The van der Waals surface area contributed by atoms with E-state index in [4.69, 9.17) is 11.5 Å². The van der Waals surface area contributed by atoms with Crippen LogP contribution < -0.4 is 27.4 Å². The first-order valence-electron chi connectivity index (χ1n) is 10.9. The van der Waals surface area contributed by atoms with Crippen molar-refractivity contribution in [3.8, 4) is 0 Å². The molecular formula is C20H34N6O8. The molecule has 0 saturated carbocycles. The number of carbonyl (C=O) groups excluding carboxylic acids is 5. The van der Waals surface area contributed by atoms with Gasteiger partial charge < -0.3 is 42.5 Å². The van der Waals surface area contributed by atoms with Crippen molar-refractivity contribution in [1.29, 1.82) is 0 Å². The molecule has 14 heteroatoms. The van der Waals surface area contributed by atoms with Gasteiger partial charge in [0.1, 0.15) is 24.2 Å². The molecule has 0 aromatic carbocycles. The fourth-order valence-electron chi connectivity index (χ4n) is 3.55. The van der Waals surface area contributed by atoms with Gasteiger partial charge in [-0.25, -0.2) is 4.79 Å². The predicted molar refractivity (Wildman–Crippen MR) is 118 cm³/mol. The van der Waals surface area contributed by atoms with Gasteiger partial charge in [-0.2, -0.15) is 0 Å². The Kier molecular flexibility index (Phi) is 10.9. The maximum absolute atomic E-state index is 13.0. The molecule has 0 aromatic rings. The molecule has 14 nitrogen and oxygen atoms in total. The number of nitrogens with one attached hydrogen (secondary N) is 3. The number of carboxylic acid groups (broad SMARTS) is 1. The van der Waals surface area contributed by atoms with Crippen molar-refractivity contribution in [3.05, 3.63) is 0 Å². The molecule has 0 unspecified atom stereocenters. The van der Waals surface area contributed by atoms with Gasteiger partial charge in [-0.15, -0.1) is 0 Å². The van der Waals surface area contributed by atoms with Crippen LogP contribution in [0, 0.1) is 5.92 Å². The van der Waals surface area contributed by atoms with Crippen molar-refractivity contribution >= 4 is 35.5 Å². The zero-order chi connectivity index (χ0) is 26.2. The molecule has 0 aromatic heterocycles. The van der Waals surface area contributed by atoms with Crippen molar-refractivity contribution in [2.45, 2.75) is 70.3 Å². The molecule has 5 amide bonds. The number of hydrogen-bond donors (Lipinski definition) is 7. The molecule has 0 bridgehead atoms. The van der Waals surface area contributed by atoms with E-state index in [1.54, 1.807) is 13.8 Å². The summed E-state index contributed by atoms with van der Waals surface area (Å²) in [5.41, 5.74) is 10.3. The number of aliphatic carboxylic acids is 1. The third-order valence-electron chi connectivity index (χ3n) is 5.36. The highest BCUT2D eigenvalue weighted by Gasteiger charge is 2.40. The summed E-state index contributed by atoms with van der Waals surface area (Å²) in [6.45, 7) is 4.36. The highest BCUT2D eigenvalue weighted by molar-refractivity contribution is 5.96. The molecule has 0 aliphatic carbocycles. The summed E-state index contributed by atoms with van der Waals surface area (Å²) in [5.74, 6) is -5.66. The van der Waals surface area contributed by atoms with Crippen molar-refractivity contribution in [2.24, 2.45) is 17.4 Å². The molecule has 1 saturated heterocycles. The number of carboxylic acids is 1. The molecule has 1 aliphatic heterocycles. The standard InChI is InChI=1S/C20H34N6O8/c1-9(2)15(18(31)23-11(20(33)34)7-13(22)28)25-17(30)12-5-4-6-26(12)19(32)16(10(3)27)24-14(29)8-21/h9-12,15-16,27H,4-8,21H2,1-3H3,(H2,22,28)(H,23,31)(H,24,29)(H,25,30)(H,33,34)/t10-,11+,12+,15+,16+/m1/s1. The minimum Gasteiger partial charge on any atom is -0.480 e. The summed E-state index contributed by atoms with van der Waals surface area (Å²) in [4.78, 5) is 73.9. The van der Waals surface area contributed by atoms with Crippen molar-refractivity contribution in [2.75, 3.05) is 13.1 Å². The number of aliphatic hydroxyl groups excluding tert-OH is 1. The molecule has 1 rings (SSSR count). The van der Waals surface area contributed by atoms with Crippen LogP contribution in [0.3, 0.4) is 0 Å². The molecule has 1 aliphatic rings. The molecule has 1 fully saturated rings. The third-order valence-corrected chi connectivity index (χ3v) is 5.36. The number of carbonyl (C=O) groups is 6. The molecule has 0 radical (unpaired) electrons. The lowest BCUT2D eigenvalue weighted by atomic mass is 10.0. The summed E-state index contributed by atoms with van der Waals surface area (Å²) in [7, 11) is 0. The number of nitrogens with two attached hydrogens (primary N) is 2. The highest BCUT2D eigenvalue weighted by Crippen LogP contribution is 2.20. The minimum atomic E-state index is -1.56. The first kappa shape index (κ1) is 28.8. The van der Waals surface area contributed by atoms with Gasteiger partial charge in [0, 0.05) is 6.54 Å². The summed E-state index contributed by atoms with van der Waals surface area (Å²) < 4.78 is 0. The topological polar surface area (TPSA) is 234 Å². The molecule has 0 spiro atoms. The van der Waals surface area contributed by atoms with Crippen molar-refractivity contribution in [3.63, 3.8) is 0 Å². The highest BCUT2D eigenvalue weighted by atomic mass is 16.4. The van der Waals surface area contributed by atoms with E-state index in [-0.39, 0.29) is 13.0 Å². The fraction of sp³-hybridized carbons (Fsp3) is 0.700. The Morgan fingerprint density at radius 2 is 1.65 bits per heavy atom. The number of hydrogen-bond acceptors (Lipinski definition) is 8. The molecule has 5 atom stereocenters. The Hall–Kier alpha value is -3.26. The van der Waals surface area contributed by atoms with Crippen molar-refractivity contribution < 1.29 is 39.0 Å². The zero-order valence-corrected chi connectivity index (χ0v) is 19.4. The summed E-state index contributed by atoms with van der Waals surface area (Å²) in [5, 5.41) is 26.2. The van der Waals surface area contributed by atoms with Crippen LogP contribution in [0.1, 0.15) is 40.0 Å². The Balaban J connectivity index is 2.98. The van der Waals surface area contributed by atoms with Crippen LogP contribution >= 0.6 is 0 Å². The normalized spacial score (nSPS) is 19.0. The number of aliphatic hydroxyl groups is 1. The van der Waals surface area contributed by atoms with Crippen LogP contribution in [0.25, 0.3) is 0 Å². The fourth-order valence-corrected chi connectivity index (χ4v) is 3.55. The summed E-state index contributed by atoms with van der Waals surface area (Å²) in [6, 6.07) is -5.01. The Labute approximate surface area is 196 Å². The SMILES string of the molecule is CC(C)[C@H](NC(=O)[C@@H]1CCCN1C(=O)[C@@H](NC(=O)CN)[C@@H](C)O)C(=O)N[C@@H](CC(N)=O)C(=O)O. The van der Waals surface area contributed by atoms with Crippen LogP contribution in [0.15, 0.2) is 0 Å². The summed E-state index contributed by atoms with van der Waals surface area (Å²) >= 11 is 0. The first-order valence-corrected chi connectivity index (χ1v) is 10.9. The van der Waals surface area contributed by atoms with E-state index in [1.807, 2.05) is 0 Å². The monoisotopic (exact) mass is 486 g/mol. The molecular weight excluding hydrogens is 452 g/mol. The van der Waals surface area contributed by atoms with Gasteiger partial charge >= 0.3 is 5.97 Å². The summed E-state index contributed by atoms with van der Waals surface area (Å²) in [6.07, 6.45) is -1.13. The van der Waals surface area contributed by atoms with Gasteiger partial charge in [0.25, 0.3) is 0 Å². The second-order valence-electron chi connectivity index (χ2n) is 8.48. The lowest BCUT2D eigenvalue weighted by Gasteiger charge is -2.31. The van der Waals surface area contributed by atoms with Gasteiger partial charge in [0.15, 0.2) is 0 Å². The second kappa shape index (κ2) is 12.8. The quantitative estimate of drug-likeness (QED) is 0.144. The van der Waals surface area contributed by atoms with E-state index in [0.29, 0.717) is 6.42 Å². The van der Waals surface area contributed by atoms with E-state index in [1.165, 1.54) is 11.8 Å². The maximum Gasteiger partial charge on any atom is 0.326 e.